The second-order valence-corrected chi connectivity index (χ2v) is 7.65. The number of aromatic amines is 1. The van der Waals surface area contributed by atoms with E-state index in [1.54, 1.807) is 0 Å². The largest absolute Gasteiger partial charge is 0.348 e. The number of amides is 1. The number of pyridine rings is 1. The van der Waals surface area contributed by atoms with Gasteiger partial charge in [0.25, 0.3) is 11.5 Å². The zero-order chi connectivity index (χ0) is 19.9. The van der Waals surface area contributed by atoms with Gasteiger partial charge in [-0.05, 0) is 57.9 Å². The first-order valence-electron chi connectivity index (χ1n) is 9.28. The predicted octanol–water partition coefficient (Wildman–Crippen LogP) is 2.02. The summed E-state index contributed by atoms with van der Waals surface area (Å²) >= 11 is 0. The summed E-state index contributed by atoms with van der Waals surface area (Å²) in [6.45, 7) is 10.2. The van der Waals surface area contributed by atoms with Crippen LogP contribution in [-0.4, -0.2) is 23.3 Å². The van der Waals surface area contributed by atoms with E-state index in [1.807, 2.05) is 40.8 Å². The highest BCUT2D eigenvalue weighted by Gasteiger charge is 2.18. The van der Waals surface area contributed by atoms with Crippen molar-refractivity contribution in [2.75, 3.05) is 0 Å². The van der Waals surface area contributed by atoms with Gasteiger partial charge in [-0.3, -0.25) is 9.59 Å². The van der Waals surface area contributed by atoms with Crippen LogP contribution in [0.1, 0.15) is 52.6 Å². The molecule has 0 aliphatic carbocycles. The van der Waals surface area contributed by atoms with Gasteiger partial charge in [-0.15, -0.1) is 0 Å². The van der Waals surface area contributed by atoms with E-state index in [0.29, 0.717) is 17.2 Å². The van der Waals surface area contributed by atoms with Crippen LogP contribution in [0.15, 0.2) is 29.2 Å². The lowest BCUT2D eigenvalue weighted by atomic mass is 9.91. The van der Waals surface area contributed by atoms with Crippen LogP contribution in [-0.2, 0) is 6.54 Å². The van der Waals surface area contributed by atoms with E-state index in [4.69, 9.17) is 0 Å². The third kappa shape index (κ3) is 3.57. The van der Waals surface area contributed by atoms with E-state index in [9.17, 15) is 9.59 Å². The molecule has 0 fully saturated rings. The van der Waals surface area contributed by atoms with Crippen LogP contribution >= 0.6 is 0 Å². The molecule has 0 bridgehead atoms. The number of hydrogen-bond donors (Lipinski definition) is 2. The standard InChI is InChI=1S/C21H26BN3O2/c1-11(2)25-10-13(4)19-16(7-15(22)8-18(19)25)20(26)23-9-17-12(3)6-14(5)24-21(17)27/h6-8,10-11H,9,22H2,1-5H3,(H,23,26)(H,24,27). The topological polar surface area (TPSA) is 66.9 Å². The summed E-state index contributed by atoms with van der Waals surface area (Å²) in [7, 11) is 2.00. The smallest absolute Gasteiger partial charge is 0.253 e. The van der Waals surface area contributed by atoms with Crippen LogP contribution in [0.2, 0.25) is 0 Å². The second kappa shape index (κ2) is 7.10. The van der Waals surface area contributed by atoms with Gasteiger partial charge < -0.3 is 14.9 Å². The molecule has 0 spiro atoms. The Morgan fingerprint density at radius 1 is 1.19 bits per heavy atom. The van der Waals surface area contributed by atoms with Crippen molar-refractivity contribution in [3.8, 4) is 0 Å². The van der Waals surface area contributed by atoms with E-state index in [1.165, 1.54) is 0 Å². The fourth-order valence-electron chi connectivity index (χ4n) is 3.70. The Kier molecular flexibility index (Phi) is 5.00. The number of nitrogens with one attached hydrogen (secondary N) is 2. The average molecular weight is 363 g/mol. The molecule has 0 aliphatic rings. The summed E-state index contributed by atoms with van der Waals surface area (Å²) < 4.78 is 2.20. The van der Waals surface area contributed by atoms with Crippen LogP contribution in [0.5, 0.6) is 0 Å². The summed E-state index contributed by atoms with van der Waals surface area (Å²) in [6.07, 6.45) is 2.10. The Morgan fingerprint density at radius 3 is 2.52 bits per heavy atom. The number of fused-ring (bicyclic) bond motifs is 1. The normalized spacial score (nSPS) is 11.3. The van der Waals surface area contributed by atoms with Gasteiger partial charge in [0.2, 0.25) is 0 Å². The van der Waals surface area contributed by atoms with Gasteiger partial charge in [0.05, 0.1) is 0 Å². The molecule has 2 N–H and O–H groups in total. The number of rotatable bonds is 4. The first kappa shape index (κ1) is 19.0. The first-order valence-corrected chi connectivity index (χ1v) is 9.28. The highest BCUT2D eigenvalue weighted by Crippen LogP contribution is 2.26. The maximum Gasteiger partial charge on any atom is 0.253 e. The van der Waals surface area contributed by atoms with Crippen LogP contribution in [0.25, 0.3) is 10.9 Å². The Hall–Kier alpha value is -2.76. The highest BCUT2D eigenvalue weighted by atomic mass is 16.1. The van der Waals surface area contributed by atoms with Crippen LogP contribution in [0.3, 0.4) is 0 Å². The lowest BCUT2D eigenvalue weighted by Crippen LogP contribution is -2.28. The number of hydrogen-bond acceptors (Lipinski definition) is 2. The number of aromatic nitrogens is 2. The quantitative estimate of drug-likeness (QED) is 0.697. The molecule has 2 heterocycles. The third-order valence-electron chi connectivity index (χ3n) is 4.99. The van der Waals surface area contributed by atoms with E-state index < -0.39 is 0 Å². The molecule has 5 nitrogen and oxygen atoms in total. The number of carbonyl (C=O) groups is 1. The minimum absolute atomic E-state index is 0.149. The monoisotopic (exact) mass is 363 g/mol. The second-order valence-electron chi connectivity index (χ2n) is 7.65. The van der Waals surface area contributed by atoms with Crippen molar-refractivity contribution < 1.29 is 4.79 Å². The summed E-state index contributed by atoms with van der Waals surface area (Å²) in [6, 6.07) is 6.27. The molecule has 1 aromatic carbocycles. The average Bonchev–Trinajstić information content (AvgIpc) is 2.89. The Labute approximate surface area is 160 Å². The molecule has 140 valence electrons. The van der Waals surface area contributed by atoms with Crippen molar-refractivity contribution >= 4 is 30.1 Å². The SMILES string of the molecule is Bc1cc(C(=O)NCc2c(C)cc(C)[nH]c2=O)c2c(C)cn(C(C)C)c2c1. The van der Waals surface area contributed by atoms with Gasteiger partial charge in [0, 0.05) is 46.5 Å². The van der Waals surface area contributed by atoms with Gasteiger partial charge >= 0.3 is 0 Å². The highest BCUT2D eigenvalue weighted by molar-refractivity contribution is 6.34. The van der Waals surface area contributed by atoms with E-state index in [-0.39, 0.29) is 18.0 Å². The van der Waals surface area contributed by atoms with Gasteiger partial charge in [-0.25, -0.2) is 0 Å². The lowest BCUT2D eigenvalue weighted by Gasteiger charge is -2.12. The fraction of sp³-hybridized carbons (Fsp3) is 0.333. The summed E-state index contributed by atoms with van der Waals surface area (Å²) in [5.74, 6) is -0.160. The maximum atomic E-state index is 13.0. The third-order valence-corrected chi connectivity index (χ3v) is 4.99. The molecular formula is C21H26BN3O2. The Morgan fingerprint density at radius 2 is 1.89 bits per heavy atom. The lowest BCUT2D eigenvalue weighted by molar-refractivity contribution is 0.0952. The summed E-state index contributed by atoms with van der Waals surface area (Å²) in [5.41, 5.74) is 5.98. The zero-order valence-electron chi connectivity index (χ0n) is 16.9. The maximum absolute atomic E-state index is 13.0. The number of benzene rings is 1. The molecule has 1 amide bonds. The number of aryl methyl sites for hydroxylation is 3. The molecule has 0 saturated carbocycles. The predicted molar refractivity (Wildman–Crippen MR) is 113 cm³/mol. The minimum Gasteiger partial charge on any atom is -0.348 e. The molecular weight excluding hydrogens is 337 g/mol. The van der Waals surface area contributed by atoms with Crippen molar-refractivity contribution in [1.29, 1.82) is 0 Å². The molecule has 3 aromatic rings. The summed E-state index contributed by atoms with van der Waals surface area (Å²) in [5, 5.41) is 3.91. The van der Waals surface area contributed by atoms with Crippen LogP contribution < -0.4 is 16.3 Å². The molecule has 0 saturated heterocycles. The number of H-pyrrole nitrogens is 1. The van der Waals surface area contributed by atoms with Gasteiger partial charge in [-0.2, -0.15) is 0 Å². The summed E-state index contributed by atoms with van der Waals surface area (Å²) in [4.78, 5) is 28.0. The number of nitrogens with zero attached hydrogens (tertiary/aromatic N) is 1. The molecule has 27 heavy (non-hydrogen) atoms. The molecule has 3 rings (SSSR count). The zero-order valence-corrected chi connectivity index (χ0v) is 16.9. The van der Waals surface area contributed by atoms with Gasteiger partial charge in [0.1, 0.15) is 7.85 Å². The molecule has 0 radical (unpaired) electrons. The van der Waals surface area contributed by atoms with Crippen LogP contribution in [0.4, 0.5) is 0 Å². The van der Waals surface area contributed by atoms with E-state index in [2.05, 4.69) is 41.0 Å². The molecule has 0 unspecified atom stereocenters. The van der Waals surface area contributed by atoms with E-state index in [0.717, 1.165) is 33.2 Å². The Bertz CT molecular complexity index is 1090. The van der Waals surface area contributed by atoms with Crippen molar-refractivity contribution in [2.45, 2.75) is 47.2 Å². The molecule has 6 heteroatoms. The van der Waals surface area contributed by atoms with Crippen molar-refractivity contribution in [3.05, 3.63) is 62.7 Å². The minimum atomic E-state index is -0.160. The number of carbonyl (C=O) groups excluding carboxylic acids is 1. The molecule has 0 aliphatic heterocycles. The first-order chi connectivity index (χ1) is 12.7. The fourth-order valence-corrected chi connectivity index (χ4v) is 3.70. The van der Waals surface area contributed by atoms with E-state index >= 15 is 0 Å². The Balaban J connectivity index is 1.98. The van der Waals surface area contributed by atoms with Gasteiger partial charge in [0.15, 0.2) is 0 Å². The van der Waals surface area contributed by atoms with Crippen LogP contribution in [0, 0.1) is 20.8 Å². The van der Waals surface area contributed by atoms with Crippen molar-refractivity contribution in [2.24, 2.45) is 0 Å². The molecule has 2 aromatic heterocycles. The van der Waals surface area contributed by atoms with Crippen molar-refractivity contribution in [1.82, 2.24) is 14.9 Å². The van der Waals surface area contributed by atoms with Gasteiger partial charge in [-0.1, -0.05) is 11.5 Å². The van der Waals surface area contributed by atoms with Crippen molar-refractivity contribution in [3.63, 3.8) is 0 Å². The molecule has 0 atom stereocenters.